The second-order valence-corrected chi connectivity index (χ2v) is 6.54. The minimum absolute atomic E-state index is 0.0232. The number of rotatable bonds is 7. The number of carbonyl (C=O) groups excluding carboxylic acids is 1. The fourth-order valence-electron chi connectivity index (χ4n) is 1.82. The van der Waals surface area contributed by atoms with Crippen LogP contribution in [0.25, 0.3) is 0 Å². The molecule has 0 atom stereocenters. The predicted molar refractivity (Wildman–Crippen MR) is 94.3 cm³/mol. The summed E-state index contributed by atoms with van der Waals surface area (Å²) in [6.45, 7) is 0. The summed E-state index contributed by atoms with van der Waals surface area (Å²) >= 11 is 5.08. The van der Waals surface area contributed by atoms with Crippen LogP contribution >= 0.6 is 27.7 Å². The van der Waals surface area contributed by atoms with Crippen LogP contribution in [0.4, 0.5) is 5.69 Å². The van der Waals surface area contributed by atoms with E-state index in [1.807, 2.05) is 36.4 Å². The Bertz CT molecular complexity index is 623. The monoisotopic (exact) mass is 380 g/mol. The van der Waals surface area contributed by atoms with E-state index in [-0.39, 0.29) is 5.91 Å². The molecule has 0 unspecified atom stereocenters. The van der Waals surface area contributed by atoms with Crippen LogP contribution < -0.4 is 10.1 Å². The molecular formula is C16H17BrN2O2S. The van der Waals surface area contributed by atoms with Gasteiger partial charge in [0.25, 0.3) is 0 Å². The van der Waals surface area contributed by atoms with Crippen molar-refractivity contribution in [3.63, 3.8) is 0 Å². The number of amides is 1. The first-order valence-electron chi connectivity index (χ1n) is 6.80. The Balaban J connectivity index is 1.77. The van der Waals surface area contributed by atoms with Crippen LogP contribution in [0.2, 0.25) is 0 Å². The molecule has 4 nitrogen and oxygen atoms in total. The number of hydrogen-bond acceptors (Lipinski definition) is 4. The summed E-state index contributed by atoms with van der Waals surface area (Å²) in [4.78, 5) is 16.2. The van der Waals surface area contributed by atoms with Crippen molar-refractivity contribution in [1.82, 2.24) is 4.98 Å². The van der Waals surface area contributed by atoms with Gasteiger partial charge in [-0.15, -0.1) is 0 Å². The van der Waals surface area contributed by atoms with Crippen molar-refractivity contribution >= 4 is 39.3 Å². The van der Waals surface area contributed by atoms with E-state index in [1.54, 1.807) is 25.1 Å². The van der Waals surface area contributed by atoms with Gasteiger partial charge >= 0.3 is 0 Å². The Hall–Kier alpha value is -1.53. The Labute approximate surface area is 142 Å². The smallest absolute Gasteiger partial charge is 0.225 e. The largest absolute Gasteiger partial charge is 0.495 e. The summed E-state index contributed by atoms with van der Waals surface area (Å²) < 4.78 is 6.13. The predicted octanol–water partition coefficient (Wildman–Crippen LogP) is 4.11. The maximum Gasteiger partial charge on any atom is 0.225 e. The molecule has 2 aromatic rings. The summed E-state index contributed by atoms with van der Waals surface area (Å²) in [6.07, 6.45) is 2.23. The number of carbonyl (C=O) groups is 1. The maximum atomic E-state index is 12.0. The van der Waals surface area contributed by atoms with Crippen LogP contribution in [0.3, 0.4) is 0 Å². The standard InChI is InChI=1S/C16H17BrN2O2S/c1-21-15-6-5-12(17)10-14(15)19-16(20)7-9-22-11-13-4-2-3-8-18-13/h2-6,8,10H,7,9,11H2,1H3,(H,19,20). The third-order valence-electron chi connectivity index (χ3n) is 2.89. The number of nitrogens with zero attached hydrogens (tertiary/aromatic N) is 1. The molecule has 0 aliphatic carbocycles. The topological polar surface area (TPSA) is 51.2 Å². The number of thioether (sulfide) groups is 1. The van der Waals surface area contributed by atoms with Gasteiger partial charge < -0.3 is 10.1 Å². The molecule has 0 fully saturated rings. The average molecular weight is 381 g/mol. The first kappa shape index (κ1) is 16.8. The van der Waals surface area contributed by atoms with Crippen LogP contribution in [-0.4, -0.2) is 23.8 Å². The van der Waals surface area contributed by atoms with E-state index in [0.29, 0.717) is 17.9 Å². The van der Waals surface area contributed by atoms with E-state index in [9.17, 15) is 4.79 Å². The number of nitrogens with one attached hydrogen (secondary N) is 1. The number of halogens is 1. The Morgan fingerprint density at radius 3 is 2.95 bits per heavy atom. The molecule has 1 N–H and O–H groups in total. The summed E-state index contributed by atoms with van der Waals surface area (Å²) in [5.74, 6) is 2.19. The second kappa shape index (κ2) is 8.80. The second-order valence-electron chi connectivity index (χ2n) is 4.52. The number of benzene rings is 1. The van der Waals surface area contributed by atoms with Crippen LogP contribution in [-0.2, 0) is 10.5 Å². The van der Waals surface area contributed by atoms with Crippen LogP contribution in [0, 0.1) is 0 Å². The number of pyridine rings is 1. The van der Waals surface area contributed by atoms with E-state index in [1.165, 1.54) is 0 Å². The van der Waals surface area contributed by atoms with Crippen molar-refractivity contribution in [2.45, 2.75) is 12.2 Å². The number of ether oxygens (including phenoxy) is 1. The quantitative estimate of drug-likeness (QED) is 0.734. The summed E-state index contributed by atoms with van der Waals surface area (Å²) in [7, 11) is 1.58. The molecule has 0 saturated carbocycles. The molecule has 116 valence electrons. The van der Waals surface area contributed by atoms with E-state index >= 15 is 0 Å². The highest BCUT2D eigenvalue weighted by atomic mass is 79.9. The molecule has 6 heteroatoms. The lowest BCUT2D eigenvalue weighted by Gasteiger charge is -2.10. The van der Waals surface area contributed by atoms with Gasteiger partial charge in [0.1, 0.15) is 5.75 Å². The van der Waals surface area contributed by atoms with Crippen molar-refractivity contribution in [2.75, 3.05) is 18.2 Å². The van der Waals surface area contributed by atoms with E-state index in [2.05, 4.69) is 26.2 Å². The van der Waals surface area contributed by atoms with Crippen molar-refractivity contribution in [1.29, 1.82) is 0 Å². The average Bonchev–Trinajstić information content (AvgIpc) is 2.53. The van der Waals surface area contributed by atoms with Gasteiger partial charge in [-0.2, -0.15) is 11.8 Å². The summed E-state index contributed by atoms with van der Waals surface area (Å²) in [6, 6.07) is 11.4. The van der Waals surface area contributed by atoms with Gasteiger partial charge in [0, 0.05) is 28.6 Å². The molecule has 0 saturated heterocycles. The lowest BCUT2D eigenvalue weighted by Crippen LogP contribution is -2.13. The SMILES string of the molecule is COc1ccc(Br)cc1NC(=O)CCSCc1ccccn1. The third-order valence-corrected chi connectivity index (χ3v) is 4.37. The van der Waals surface area contributed by atoms with Crippen LogP contribution in [0.1, 0.15) is 12.1 Å². The van der Waals surface area contributed by atoms with Crippen molar-refractivity contribution < 1.29 is 9.53 Å². The lowest BCUT2D eigenvalue weighted by molar-refractivity contribution is -0.115. The first-order valence-corrected chi connectivity index (χ1v) is 8.75. The van der Waals surface area contributed by atoms with Crippen LogP contribution in [0.5, 0.6) is 5.75 Å². The molecule has 1 heterocycles. The highest BCUT2D eigenvalue weighted by molar-refractivity contribution is 9.10. The fraction of sp³-hybridized carbons (Fsp3) is 0.250. The van der Waals surface area contributed by atoms with Gasteiger partial charge in [-0.1, -0.05) is 22.0 Å². The van der Waals surface area contributed by atoms with E-state index < -0.39 is 0 Å². The van der Waals surface area contributed by atoms with Crippen molar-refractivity contribution in [3.8, 4) is 5.75 Å². The molecule has 0 spiro atoms. The summed E-state index contributed by atoms with van der Waals surface area (Å²) in [5, 5.41) is 2.88. The molecule has 1 aromatic heterocycles. The highest BCUT2D eigenvalue weighted by Gasteiger charge is 2.08. The first-order chi connectivity index (χ1) is 10.7. The van der Waals surface area contributed by atoms with E-state index in [0.717, 1.165) is 21.7 Å². The van der Waals surface area contributed by atoms with Gasteiger partial charge in [-0.25, -0.2) is 0 Å². The summed E-state index contributed by atoms with van der Waals surface area (Å²) in [5.41, 5.74) is 1.71. The zero-order valence-corrected chi connectivity index (χ0v) is 14.6. The van der Waals surface area contributed by atoms with Gasteiger partial charge in [-0.05, 0) is 30.3 Å². The minimum atomic E-state index is -0.0232. The number of anilines is 1. The van der Waals surface area contributed by atoms with Gasteiger partial charge in [0.15, 0.2) is 0 Å². The Morgan fingerprint density at radius 1 is 1.36 bits per heavy atom. The van der Waals surface area contributed by atoms with Crippen LogP contribution in [0.15, 0.2) is 47.1 Å². The van der Waals surface area contributed by atoms with Crippen molar-refractivity contribution in [3.05, 3.63) is 52.8 Å². The Morgan fingerprint density at radius 2 is 2.23 bits per heavy atom. The molecule has 0 aliphatic heterocycles. The van der Waals surface area contributed by atoms with Gasteiger partial charge in [-0.3, -0.25) is 9.78 Å². The number of aromatic nitrogens is 1. The Kier molecular flexibility index (Phi) is 6.74. The normalized spacial score (nSPS) is 10.3. The number of hydrogen-bond donors (Lipinski definition) is 1. The minimum Gasteiger partial charge on any atom is -0.495 e. The molecule has 0 aliphatic rings. The van der Waals surface area contributed by atoms with Crippen molar-refractivity contribution in [2.24, 2.45) is 0 Å². The zero-order chi connectivity index (χ0) is 15.8. The van der Waals surface area contributed by atoms with E-state index in [4.69, 9.17) is 4.74 Å². The molecule has 2 rings (SSSR count). The molecular weight excluding hydrogens is 364 g/mol. The fourth-order valence-corrected chi connectivity index (χ4v) is 3.03. The molecule has 1 amide bonds. The number of methoxy groups -OCH3 is 1. The third kappa shape index (κ3) is 5.35. The van der Waals surface area contributed by atoms with Gasteiger partial charge in [0.05, 0.1) is 18.5 Å². The molecule has 0 bridgehead atoms. The zero-order valence-electron chi connectivity index (χ0n) is 12.2. The maximum absolute atomic E-state index is 12.0. The molecule has 22 heavy (non-hydrogen) atoms. The molecule has 1 aromatic carbocycles. The van der Waals surface area contributed by atoms with Gasteiger partial charge in [0.2, 0.25) is 5.91 Å². The lowest BCUT2D eigenvalue weighted by atomic mass is 10.3. The molecule has 0 radical (unpaired) electrons. The highest BCUT2D eigenvalue weighted by Crippen LogP contribution is 2.28.